The van der Waals surface area contributed by atoms with E-state index >= 15 is 0 Å². The SMILES string of the molecule is CC(CN(C)Cc1cnn(C)c1)C1CNC1. The average molecular weight is 222 g/mol. The lowest BCUT2D eigenvalue weighted by atomic mass is 9.88. The molecule has 1 fully saturated rings. The van der Waals surface area contributed by atoms with Crippen LogP contribution < -0.4 is 5.32 Å². The molecule has 1 saturated heterocycles. The first-order valence-corrected chi connectivity index (χ1v) is 6.02. The molecular formula is C12H22N4. The first-order valence-electron chi connectivity index (χ1n) is 6.02. The molecule has 1 aliphatic rings. The van der Waals surface area contributed by atoms with Crippen molar-refractivity contribution in [3.05, 3.63) is 18.0 Å². The quantitative estimate of drug-likeness (QED) is 0.796. The standard InChI is InChI=1S/C12H22N4/c1-10(12-5-13-6-12)7-15(2)8-11-4-14-16(3)9-11/h4,9-10,12-13H,5-8H2,1-3H3. The van der Waals surface area contributed by atoms with Gasteiger partial charge in [0.25, 0.3) is 0 Å². The minimum Gasteiger partial charge on any atom is -0.316 e. The van der Waals surface area contributed by atoms with Crippen molar-refractivity contribution in [3.8, 4) is 0 Å². The molecule has 1 atom stereocenters. The van der Waals surface area contributed by atoms with Crippen molar-refractivity contribution < 1.29 is 0 Å². The van der Waals surface area contributed by atoms with Crippen LogP contribution in [0.15, 0.2) is 12.4 Å². The number of aromatic nitrogens is 2. The van der Waals surface area contributed by atoms with E-state index < -0.39 is 0 Å². The van der Waals surface area contributed by atoms with Crippen LogP contribution in [0.4, 0.5) is 0 Å². The molecule has 1 N–H and O–H groups in total. The third-order valence-corrected chi connectivity index (χ3v) is 3.43. The van der Waals surface area contributed by atoms with E-state index in [1.54, 1.807) is 0 Å². The third-order valence-electron chi connectivity index (χ3n) is 3.43. The molecule has 0 aromatic carbocycles. The van der Waals surface area contributed by atoms with Gasteiger partial charge in [0.15, 0.2) is 0 Å². The second kappa shape index (κ2) is 4.97. The van der Waals surface area contributed by atoms with Crippen LogP contribution >= 0.6 is 0 Å². The lowest BCUT2D eigenvalue weighted by Gasteiger charge is -2.34. The van der Waals surface area contributed by atoms with Gasteiger partial charge in [0.1, 0.15) is 0 Å². The van der Waals surface area contributed by atoms with Gasteiger partial charge in [-0.1, -0.05) is 6.92 Å². The van der Waals surface area contributed by atoms with Gasteiger partial charge >= 0.3 is 0 Å². The van der Waals surface area contributed by atoms with Gasteiger partial charge in [-0.2, -0.15) is 5.10 Å². The molecule has 1 aromatic heterocycles. The predicted octanol–water partition coefficient (Wildman–Crippen LogP) is 0.707. The van der Waals surface area contributed by atoms with Gasteiger partial charge in [0.2, 0.25) is 0 Å². The van der Waals surface area contributed by atoms with E-state index in [1.807, 2.05) is 17.9 Å². The molecular weight excluding hydrogens is 200 g/mol. The maximum absolute atomic E-state index is 4.19. The fourth-order valence-corrected chi connectivity index (χ4v) is 2.28. The largest absolute Gasteiger partial charge is 0.316 e. The van der Waals surface area contributed by atoms with Crippen LogP contribution in [0.5, 0.6) is 0 Å². The van der Waals surface area contributed by atoms with Crippen LogP contribution in [0.2, 0.25) is 0 Å². The highest BCUT2D eigenvalue weighted by atomic mass is 15.2. The predicted molar refractivity (Wildman–Crippen MR) is 65.1 cm³/mol. The number of nitrogens with one attached hydrogen (secondary N) is 1. The van der Waals surface area contributed by atoms with E-state index in [1.165, 1.54) is 25.2 Å². The van der Waals surface area contributed by atoms with Gasteiger partial charge < -0.3 is 10.2 Å². The minimum absolute atomic E-state index is 0.780. The van der Waals surface area contributed by atoms with E-state index in [4.69, 9.17) is 0 Å². The van der Waals surface area contributed by atoms with Crippen molar-refractivity contribution in [3.63, 3.8) is 0 Å². The molecule has 1 aliphatic heterocycles. The van der Waals surface area contributed by atoms with Gasteiger partial charge in [-0.3, -0.25) is 4.68 Å². The van der Waals surface area contributed by atoms with Gasteiger partial charge in [0, 0.05) is 31.9 Å². The van der Waals surface area contributed by atoms with Gasteiger partial charge in [-0.25, -0.2) is 0 Å². The molecule has 0 spiro atoms. The van der Waals surface area contributed by atoms with Crippen LogP contribution in [0, 0.1) is 11.8 Å². The summed E-state index contributed by atoms with van der Waals surface area (Å²) in [6, 6.07) is 0. The van der Waals surface area contributed by atoms with Crippen molar-refractivity contribution in [2.45, 2.75) is 13.5 Å². The number of nitrogens with zero attached hydrogens (tertiary/aromatic N) is 3. The van der Waals surface area contributed by atoms with Crippen molar-refractivity contribution in [2.24, 2.45) is 18.9 Å². The molecule has 16 heavy (non-hydrogen) atoms. The second-order valence-corrected chi connectivity index (χ2v) is 5.11. The summed E-state index contributed by atoms with van der Waals surface area (Å²) < 4.78 is 1.86. The highest BCUT2D eigenvalue weighted by Gasteiger charge is 2.24. The molecule has 2 rings (SSSR count). The number of hydrogen-bond donors (Lipinski definition) is 1. The highest BCUT2D eigenvalue weighted by molar-refractivity contribution is 5.03. The monoisotopic (exact) mass is 222 g/mol. The molecule has 0 saturated carbocycles. The summed E-state index contributed by atoms with van der Waals surface area (Å²) in [5.41, 5.74) is 1.30. The molecule has 4 heteroatoms. The number of rotatable bonds is 5. The lowest BCUT2D eigenvalue weighted by Crippen LogP contribution is -2.47. The van der Waals surface area contributed by atoms with E-state index in [0.29, 0.717) is 0 Å². The summed E-state index contributed by atoms with van der Waals surface area (Å²) in [6.45, 7) is 6.91. The van der Waals surface area contributed by atoms with Crippen LogP contribution in [0.25, 0.3) is 0 Å². The molecule has 0 amide bonds. The fraction of sp³-hybridized carbons (Fsp3) is 0.750. The molecule has 90 valence electrons. The Hall–Kier alpha value is -0.870. The van der Waals surface area contributed by atoms with Crippen molar-refractivity contribution in [1.29, 1.82) is 0 Å². The Morgan fingerprint density at radius 1 is 1.62 bits per heavy atom. The maximum atomic E-state index is 4.19. The van der Waals surface area contributed by atoms with Crippen molar-refractivity contribution in [2.75, 3.05) is 26.7 Å². The first-order chi connectivity index (χ1) is 7.65. The Balaban J connectivity index is 1.77. The Kier molecular flexibility index (Phi) is 3.61. The fourth-order valence-electron chi connectivity index (χ4n) is 2.28. The lowest BCUT2D eigenvalue weighted by molar-refractivity contribution is 0.182. The van der Waals surface area contributed by atoms with Gasteiger partial charge in [-0.05, 0) is 32.0 Å². The zero-order chi connectivity index (χ0) is 11.5. The Morgan fingerprint density at radius 2 is 2.38 bits per heavy atom. The van der Waals surface area contributed by atoms with Crippen LogP contribution in [-0.4, -0.2) is 41.4 Å². The topological polar surface area (TPSA) is 33.1 Å². The second-order valence-electron chi connectivity index (χ2n) is 5.11. The zero-order valence-electron chi connectivity index (χ0n) is 10.5. The summed E-state index contributed by atoms with van der Waals surface area (Å²) in [7, 11) is 4.15. The van der Waals surface area contributed by atoms with Gasteiger partial charge in [0.05, 0.1) is 6.20 Å². The Labute approximate surface area is 97.6 Å². The Bertz CT molecular complexity index is 330. The van der Waals surface area contributed by atoms with Crippen LogP contribution in [0.3, 0.4) is 0 Å². The molecule has 0 radical (unpaired) electrons. The van der Waals surface area contributed by atoms with Crippen molar-refractivity contribution >= 4 is 0 Å². The zero-order valence-corrected chi connectivity index (χ0v) is 10.5. The first kappa shape index (κ1) is 11.6. The number of hydrogen-bond acceptors (Lipinski definition) is 3. The van der Waals surface area contributed by atoms with Gasteiger partial charge in [-0.15, -0.1) is 0 Å². The summed E-state index contributed by atoms with van der Waals surface area (Å²) in [4.78, 5) is 2.39. The number of aryl methyl sites for hydroxylation is 1. The molecule has 0 aliphatic carbocycles. The molecule has 2 heterocycles. The van der Waals surface area contributed by atoms with Crippen LogP contribution in [-0.2, 0) is 13.6 Å². The van der Waals surface area contributed by atoms with E-state index in [9.17, 15) is 0 Å². The Morgan fingerprint density at radius 3 is 2.88 bits per heavy atom. The summed E-state index contributed by atoms with van der Waals surface area (Å²) in [5, 5.41) is 7.53. The minimum atomic E-state index is 0.780. The smallest absolute Gasteiger partial charge is 0.0534 e. The average Bonchev–Trinajstić information content (AvgIpc) is 2.47. The summed E-state index contributed by atoms with van der Waals surface area (Å²) >= 11 is 0. The molecule has 1 unspecified atom stereocenters. The van der Waals surface area contributed by atoms with Crippen LogP contribution in [0.1, 0.15) is 12.5 Å². The summed E-state index contributed by atoms with van der Waals surface area (Å²) in [6.07, 6.45) is 4.04. The molecule has 0 bridgehead atoms. The van der Waals surface area contributed by atoms with Crippen molar-refractivity contribution in [1.82, 2.24) is 20.0 Å². The van der Waals surface area contributed by atoms with E-state index in [2.05, 4.69) is 35.5 Å². The molecule has 1 aromatic rings. The van der Waals surface area contributed by atoms with E-state index in [-0.39, 0.29) is 0 Å². The normalized spacial score (nSPS) is 18.8. The van der Waals surface area contributed by atoms with E-state index in [0.717, 1.165) is 18.4 Å². The maximum Gasteiger partial charge on any atom is 0.0534 e. The molecule has 4 nitrogen and oxygen atoms in total. The summed E-state index contributed by atoms with van der Waals surface area (Å²) in [5.74, 6) is 1.65. The third kappa shape index (κ3) is 2.83. The highest BCUT2D eigenvalue weighted by Crippen LogP contribution is 2.17.